The zero-order valence-electron chi connectivity index (χ0n) is 15.7. The molecule has 0 saturated heterocycles. The molecule has 0 saturated carbocycles. The number of hydrogen-bond acceptors (Lipinski definition) is 4. The maximum atomic E-state index is 12.0. The second kappa shape index (κ2) is 9.28. The van der Waals surface area contributed by atoms with Gasteiger partial charge in [-0.15, -0.1) is 0 Å². The lowest BCUT2D eigenvalue weighted by molar-refractivity contribution is -0.111. The number of benzene rings is 3. The minimum Gasteiger partial charge on any atom is -0.495 e. The van der Waals surface area contributed by atoms with Crippen molar-refractivity contribution in [2.45, 2.75) is 6.54 Å². The van der Waals surface area contributed by atoms with Crippen molar-refractivity contribution in [3.8, 4) is 5.75 Å². The lowest BCUT2D eigenvalue weighted by Gasteiger charge is -2.11. The highest BCUT2D eigenvalue weighted by molar-refractivity contribution is 6.03. The van der Waals surface area contributed by atoms with Crippen molar-refractivity contribution in [1.82, 2.24) is 0 Å². The largest absolute Gasteiger partial charge is 0.495 e. The van der Waals surface area contributed by atoms with E-state index in [0.29, 0.717) is 17.9 Å². The molecule has 0 unspecified atom stereocenters. The summed E-state index contributed by atoms with van der Waals surface area (Å²) in [6.07, 6.45) is 3.26. The van der Waals surface area contributed by atoms with Gasteiger partial charge in [-0.05, 0) is 41.5 Å². The van der Waals surface area contributed by atoms with Gasteiger partial charge in [0.1, 0.15) is 5.75 Å². The van der Waals surface area contributed by atoms with Gasteiger partial charge in [0.25, 0.3) is 0 Å². The van der Waals surface area contributed by atoms with Crippen molar-refractivity contribution < 1.29 is 9.53 Å². The van der Waals surface area contributed by atoms with E-state index in [1.165, 1.54) is 6.08 Å². The van der Waals surface area contributed by atoms with E-state index < -0.39 is 0 Å². The van der Waals surface area contributed by atoms with E-state index in [4.69, 9.17) is 10.5 Å². The Morgan fingerprint density at radius 2 is 1.64 bits per heavy atom. The Balaban J connectivity index is 1.56. The first-order valence-electron chi connectivity index (χ1n) is 8.95. The highest BCUT2D eigenvalue weighted by Gasteiger charge is 2.02. The van der Waals surface area contributed by atoms with Crippen molar-refractivity contribution in [3.63, 3.8) is 0 Å². The lowest BCUT2D eigenvalue weighted by Crippen LogP contribution is -2.09. The van der Waals surface area contributed by atoms with Gasteiger partial charge < -0.3 is 21.1 Å². The first kappa shape index (κ1) is 19.0. The normalized spacial score (nSPS) is 10.6. The third-order valence-electron chi connectivity index (χ3n) is 4.22. The number of rotatable bonds is 7. The van der Waals surface area contributed by atoms with Crippen LogP contribution in [0.2, 0.25) is 0 Å². The van der Waals surface area contributed by atoms with Crippen molar-refractivity contribution >= 4 is 29.0 Å². The standard InChI is InChI=1S/C23H23N3O2/c1-28-22-9-5-4-8-21(22)25-16-18-12-10-17(11-13-18)14-15-23(27)26-20-7-3-2-6-19(20)24/h2-15,25H,16,24H2,1H3,(H,26,27). The molecule has 142 valence electrons. The second-order valence-corrected chi connectivity index (χ2v) is 6.21. The van der Waals surface area contributed by atoms with Crippen LogP contribution in [0.3, 0.4) is 0 Å². The van der Waals surface area contributed by atoms with Crippen LogP contribution < -0.4 is 21.1 Å². The Labute approximate surface area is 164 Å². The molecule has 3 rings (SSSR count). The first-order valence-corrected chi connectivity index (χ1v) is 8.95. The molecule has 1 amide bonds. The lowest BCUT2D eigenvalue weighted by atomic mass is 10.1. The molecule has 5 heteroatoms. The molecule has 0 fully saturated rings. The van der Waals surface area contributed by atoms with E-state index in [1.807, 2.05) is 60.7 Å². The molecule has 5 nitrogen and oxygen atoms in total. The number of nitrogens with two attached hydrogens (primary N) is 1. The Hall–Kier alpha value is -3.73. The summed E-state index contributed by atoms with van der Waals surface area (Å²) in [5.41, 5.74) is 9.99. The van der Waals surface area contributed by atoms with Crippen LogP contribution in [0, 0.1) is 0 Å². The number of para-hydroxylation sites is 4. The fourth-order valence-corrected chi connectivity index (χ4v) is 2.69. The third-order valence-corrected chi connectivity index (χ3v) is 4.22. The topological polar surface area (TPSA) is 76.4 Å². The fraction of sp³-hybridized carbons (Fsp3) is 0.0870. The maximum absolute atomic E-state index is 12.0. The van der Waals surface area contributed by atoms with Crippen LogP contribution in [0.4, 0.5) is 17.1 Å². The number of amides is 1. The molecule has 0 radical (unpaired) electrons. The van der Waals surface area contributed by atoms with Crippen molar-refractivity contribution in [3.05, 3.63) is 90.0 Å². The molecular weight excluding hydrogens is 350 g/mol. The number of nitrogen functional groups attached to an aromatic ring is 1. The van der Waals surface area contributed by atoms with Gasteiger partial charge in [-0.25, -0.2) is 0 Å². The maximum Gasteiger partial charge on any atom is 0.248 e. The molecule has 0 atom stereocenters. The van der Waals surface area contributed by atoms with Crippen LogP contribution in [0.15, 0.2) is 78.9 Å². The monoisotopic (exact) mass is 373 g/mol. The van der Waals surface area contributed by atoms with Gasteiger partial charge in [0.05, 0.1) is 24.2 Å². The van der Waals surface area contributed by atoms with Gasteiger partial charge in [0.15, 0.2) is 0 Å². The molecule has 28 heavy (non-hydrogen) atoms. The smallest absolute Gasteiger partial charge is 0.248 e. The van der Waals surface area contributed by atoms with Gasteiger partial charge in [-0.2, -0.15) is 0 Å². The van der Waals surface area contributed by atoms with Gasteiger partial charge in [-0.3, -0.25) is 4.79 Å². The van der Waals surface area contributed by atoms with Crippen molar-refractivity contribution in [1.29, 1.82) is 0 Å². The molecule has 0 aliphatic rings. The van der Waals surface area contributed by atoms with Gasteiger partial charge >= 0.3 is 0 Å². The van der Waals surface area contributed by atoms with Gasteiger partial charge in [0.2, 0.25) is 5.91 Å². The summed E-state index contributed by atoms with van der Waals surface area (Å²) in [5, 5.41) is 6.13. The molecule has 0 aromatic heterocycles. The summed E-state index contributed by atoms with van der Waals surface area (Å²) >= 11 is 0. The van der Waals surface area contributed by atoms with Gasteiger partial charge in [0, 0.05) is 12.6 Å². The van der Waals surface area contributed by atoms with E-state index in [-0.39, 0.29) is 5.91 Å². The van der Waals surface area contributed by atoms with E-state index in [0.717, 1.165) is 22.6 Å². The van der Waals surface area contributed by atoms with Crippen LogP contribution in [-0.4, -0.2) is 13.0 Å². The molecular formula is C23H23N3O2. The number of methoxy groups -OCH3 is 1. The van der Waals surface area contributed by atoms with Crippen molar-refractivity contribution in [2.75, 3.05) is 23.5 Å². The van der Waals surface area contributed by atoms with Crippen LogP contribution >= 0.6 is 0 Å². The van der Waals surface area contributed by atoms with E-state index in [1.54, 1.807) is 25.3 Å². The Bertz CT molecular complexity index is 966. The fourth-order valence-electron chi connectivity index (χ4n) is 2.69. The average Bonchev–Trinajstić information content (AvgIpc) is 2.73. The Kier molecular flexibility index (Phi) is 6.31. The van der Waals surface area contributed by atoms with E-state index in [2.05, 4.69) is 10.6 Å². The molecule has 3 aromatic carbocycles. The third kappa shape index (κ3) is 5.14. The van der Waals surface area contributed by atoms with Gasteiger partial charge in [-0.1, -0.05) is 48.5 Å². The quantitative estimate of drug-likeness (QED) is 0.420. The highest BCUT2D eigenvalue weighted by atomic mass is 16.5. The summed E-state index contributed by atoms with van der Waals surface area (Å²) in [4.78, 5) is 12.0. The summed E-state index contributed by atoms with van der Waals surface area (Å²) in [6.45, 7) is 0.679. The molecule has 0 heterocycles. The average molecular weight is 373 g/mol. The minimum atomic E-state index is -0.222. The number of carbonyl (C=O) groups is 1. The predicted octanol–water partition coefficient (Wildman–Crippen LogP) is 4.54. The molecule has 0 aliphatic carbocycles. The first-order chi connectivity index (χ1) is 13.7. The highest BCUT2D eigenvalue weighted by Crippen LogP contribution is 2.23. The summed E-state index contributed by atoms with van der Waals surface area (Å²) in [5.74, 6) is 0.590. The summed E-state index contributed by atoms with van der Waals surface area (Å²) in [6, 6.07) is 23.0. The zero-order chi connectivity index (χ0) is 19.8. The molecule has 0 bridgehead atoms. The molecule has 3 aromatic rings. The van der Waals surface area contributed by atoms with Crippen LogP contribution in [0.5, 0.6) is 5.75 Å². The summed E-state index contributed by atoms with van der Waals surface area (Å²) in [7, 11) is 1.66. The number of nitrogens with one attached hydrogen (secondary N) is 2. The minimum absolute atomic E-state index is 0.222. The zero-order valence-corrected chi connectivity index (χ0v) is 15.7. The Morgan fingerprint density at radius 1 is 0.964 bits per heavy atom. The van der Waals surface area contributed by atoms with Crippen LogP contribution in [0.25, 0.3) is 6.08 Å². The molecule has 0 spiro atoms. The predicted molar refractivity (Wildman–Crippen MR) is 115 cm³/mol. The number of anilines is 3. The number of carbonyl (C=O) groups excluding carboxylic acids is 1. The van der Waals surface area contributed by atoms with E-state index in [9.17, 15) is 4.79 Å². The van der Waals surface area contributed by atoms with E-state index >= 15 is 0 Å². The second-order valence-electron chi connectivity index (χ2n) is 6.21. The summed E-state index contributed by atoms with van der Waals surface area (Å²) < 4.78 is 5.34. The van der Waals surface area contributed by atoms with Crippen LogP contribution in [0.1, 0.15) is 11.1 Å². The number of hydrogen-bond donors (Lipinski definition) is 3. The Morgan fingerprint density at radius 3 is 2.36 bits per heavy atom. The number of ether oxygens (including phenoxy) is 1. The molecule has 0 aliphatic heterocycles. The van der Waals surface area contributed by atoms with Crippen molar-refractivity contribution in [2.24, 2.45) is 0 Å². The molecule has 4 N–H and O–H groups in total. The van der Waals surface area contributed by atoms with Crippen LogP contribution in [-0.2, 0) is 11.3 Å². The SMILES string of the molecule is COc1ccccc1NCc1ccc(C=CC(=O)Nc2ccccc2N)cc1.